The molecule has 0 aliphatic carbocycles. The number of hydrogen-bond acceptors (Lipinski definition) is 4. The topological polar surface area (TPSA) is 54.0 Å². The lowest BCUT2D eigenvalue weighted by atomic mass is 9.97. The lowest BCUT2D eigenvalue weighted by Crippen LogP contribution is -2.26. The first-order chi connectivity index (χ1) is 10.6. The van der Waals surface area contributed by atoms with Gasteiger partial charge in [0.1, 0.15) is 5.82 Å². The predicted octanol–water partition coefficient (Wildman–Crippen LogP) is 3.65. The first-order valence-corrected chi connectivity index (χ1v) is 8.26. The van der Waals surface area contributed by atoms with E-state index in [1.165, 1.54) is 34.4 Å². The number of nitrogens with one attached hydrogen (secondary N) is 2. The van der Waals surface area contributed by atoms with Crippen LogP contribution in [0.1, 0.15) is 34.0 Å². The molecule has 1 saturated heterocycles. The summed E-state index contributed by atoms with van der Waals surface area (Å²) in [7, 11) is 0. The number of nitrogens with zero attached hydrogens (tertiary/aromatic N) is 1. The predicted molar refractivity (Wildman–Crippen MR) is 86.3 cm³/mol. The normalized spacial score (nSPS) is 15.7. The highest BCUT2D eigenvalue weighted by atomic mass is 35.5. The second-order valence-electron chi connectivity index (χ2n) is 5.18. The number of benzene rings is 1. The number of halogens is 2. The SMILES string of the molecule is O=C(Nc1ncc(C2CCNCC2)s1)c1ccc(F)c(Cl)c1. The molecule has 1 fully saturated rings. The Kier molecular flexibility index (Phi) is 4.71. The molecule has 4 nitrogen and oxygen atoms in total. The van der Waals surface area contributed by atoms with E-state index in [9.17, 15) is 9.18 Å². The molecule has 1 aliphatic rings. The van der Waals surface area contributed by atoms with Crippen molar-refractivity contribution in [2.45, 2.75) is 18.8 Å². The van der Waals surface area contributed by atoms with Gasteiger partial charge in [0.05, 0.1) is 5.02 Å². The summed E-state index contributed by atoms with van der Waals surface area (Å²) in [6.07, 6.45) is 4.00. The van der Waals surface area contributed by atoms with E-state index in [1.54, 1.807) is 0 Å². The Morgan fingerprint density at radius 1 is 1.41 bits per heavy atom. The van der Waals surface area contributed by atoms with Crippen molar-refractivity contribution in [3.8, 4) is 0 Å². The molecular formula is C15H15ClFN3OS. The standard InChI is InChI=1S/C15H15ClFN3OS/c16-11-7-10(1-2-12(11)17)14(21)20-15-19-8-13(22-15)9-3-5-18-6-4-9/h1-2,7-9,18H,3-6H2,(H,19,20,21). The first kappa shape index (κ1) is 15.4. The van der Waals surface area contributed by atoms with Gasteiger partial charge in [-0.1, -0.05) is 11.6 Å². The van der Waals surface area contributed by atoms with Crippen molar-refractivity contribution in [3.63, 3.8) is 0 Å². The van der Waals surface area contributed by atoms with Gasteiger partial charge in [0.15, 0.2) is 5.13 Å². The Hall–Kier alpha value is -1.50. The fraction of sp³-hybridized carbons (Fsp3) is 0.333. The molecule has 2 aromatic rings. The minimum atomic E-state index is -0.541. The van der Waals surface area contributed by atoms with Crippen LogP contribution in [-0.4, -0.2) is 24.0 Å². The lowest BCUT2D eigenvalue weighted by molar-refractivity contribution is 0.102. The molecule has 22 heavy (non-hydrogen) atoms. The van der Waals surface area contributed by atoms with Gasteiger partial charge in [0.25, 0.3) is 5.91 Å². The van der Waals surface area contributed by atoms with E-state index in [1.807, 2.05) is 6.20 Å². The number of hydrogen-bond donors (Lipinski definition) is 2. The van der Waals surface area contributed by atoms with Crippen molar-refractivity contribution >= 4 is 34.0 Å². The van der Waals surface area contributed by atoms with Crippen LogP contribution in [0, 0.1) is 5.82 Å². The number of rotatable bonds is 3. The van der Waals surface area contributed by atoms with Crippen molar-refractivity contribution in [2.24, 2.45) is 0 Å². The average molecular weight is 340 g/mol. The monoisotopic (exact) mass is 339 g/mol. The summed E-state index contributed by atoms with van der Waals surface area (Å²) >= 11 is 7.18. The zero-order valence-corrected chi connectivity index (χ0v) is 13.3. The molecule has 0 spiro atoms. The van der Waals surface area contributed by atoms with E-state index >= 15 is 0 Å². The first-order valence-electron chi connectivity index (χ1n) is 7.06. The van der Waals surface area contributed by atoms with Crippen LogP contribution >= 0.6 is 22.9 Å². The molecule has 3 rings (SSSR count). The van der Waals surface area contributed by atoms with E-state index in [4.69, 9.17) is 11.6 Å². The van der Waals surface area contributed by atoms with Crippen LogP contribution in [0.4, 0.5) is 9.52 Å². The molecule has 1 aliphatic heterocycles. The number of aromatic nitrogens is 1. The van der Waals surface area contributed by atoms with Gasteiger partial charge in [-0.3, -0.25) is 10.1 Å². The highest BCUT2D eigenvalue weighted by molar-refractivity contribution is 7.15. The number of carbonyl (C=O) groups excluding carboxylic acids is 1. The Balaban J connectivity index is 1.68. The molecule has 2 heterocycles. The molecule has 1 amide bonds. The van der Waals surface area contributed by atoms with Crippen LogP contribution in [0.25, 0.3) is 0 Å². The Morgan fingerprint density at radius 2 is 2.18 bits per heavy atom. The van der Waals surface area contributed by atoms with Crippen LogP contribution in [0.2, 0.25) is 5.02 Å². The third-order valence-electron chi connectivity index (χ3n) is 3.67. The minimum absolute atomic E-state index is 0.0674. The molecule has 0 atom stereocenters. The summed E-state index contributed by atoms with van der Waals surface area (Å²) in [5.74, 6) is -0.376. The quantitative estimate of drug-likeness (QED) is 0.897. The molecule has 116 valence electrons. The maximum Gasteiger partial charge on any atom is 0.257 e. The summed E-state index contributed by atoms with van der Waals surface area (Å²) in [4.78, 5) is 17.6. The van der Waals surface area contributed by atoms with Gasteiger partial charge in [-0.05, 0) is 50.0 Å². The van der Waals surface area contributed by atoms with Crippen LogP contribution in [0.3, 0.4) is 0 Å². The van der Waals surface area contributed by atoms with Gasteiger partial charge in [0, 0.05) is 16.6 Å². The largest absolute Gasteiger partial charge is 0.317 e. The summed E-state index contributed by atoms with van der Waals surface area (Å²) in [6, 6.07) is 3.89. The van der Waals surface area contributed by atoms with E-state index < -0.39 is 5.82 Å². The zero-order chi connectivity index (χ0) is 15.5. The molecule has 0 radical (unpaired) electrons. The van der Waals surface area contributed by atoms with E-state index in [0.717, 1.165) is 25.9 Å². The van der Waals surface area contributed by atoms with E-state index in [-0.39, 0.29) is 10.9 Å². The third kappa shape index (κ3) is 3.45. The van der Waals surface area contributed by atoms with Gasteiger partial charge >= 0.3 is 0 Å². The maximum absolute atomic E-state index is 13.1. The Bertz CT molecular complexity index is 685. The number of carbonyl (C=O) groups is 1. The van der Waals surface area contributed by atoms with Crippen molar-refractivity contribution in [1.29, 1.82) is 0 Å². The maximum atomic E-state index is 13.1. The van der Waals surface area contributed by atoms with Gasteiger partial charge in [-0.15, -0.1) is 11.3 Å². The third-order valence-corrected chi connectivity index (χ3v) is 5.03. The van der Waals surface area contributed by atoms with E-state index in [0.29, 0.717) is 16.6 Å². The number of anilines is 1. The van der Waals surface area contributed by atoms with Crippen molar-refractivity contribution in [2.75, 3.05) is 18.4 Å². The molecule has 0 bridgehead atoms. The molecule has 2 N–H and O–H groups in total. The van der Waals surface area contributed by atoms with Gasteiger partial charge < -0.3 is 5.32 Å². The highest BCUT2D eigenvalue weighted by Crippen LogP contribution is 2.31. The molecule has 0 saturated carbocycles. The molecule has 7 heteroatoms. The van der Waals surface area contributed by atoms with Gasteiger partial charge in [-0.2, -0.15) is 0 Å². The number of thiazole rings is 1. The van der Waals surface area contributed by atoms with Crippen LogP contribution in [-0.2, 0) is 0 Å². The summed E-state index contributed by atoms with van der Waals surface area (Å²) < 4.78 is 13.1. The van der Waals surface area contributed by atoms with E-state index in [2.05, 4.69) is 15.6 Å². The second-order valence-corrected chi connectivity index (χ2v) is 6.64. The average Bonchev–Trinajstić information content (AvgIpc) is 2.99. The van der Waals surface area contributed by atoms with Gasteiger partial charge in [-0.25, -0.2) is 9.37 Å². The molecule has 1 aromatic carbocycles. The highest BCUT2D eigenvalue weighted by Gasteiger charge is 2.18. The molecule has 0 unspecified atom stereocenters. The molecule has 1 aromatic heterocycles. The lowest BCUT2D eigenvalue weighted by Gasteiger charge is -2.20. The van der Waals surface area contributed by atoms with Crippen LogP contribution in [0.15, 0.2) is 24.4 Å². The fourth-order valence-corrected chi connectivity index (χ4v) is 3.61. The van der Waals surface area contributed by atoms with Crippen LogP contribution in [0.5, 0.6) is 0 Å². The zero-order valence-electron chi connectivity index (χ0n) is 11.7. The smallest absolute Gasteiger partial charge is 0.257 e. The van der Waals surface area contributed by atoms with Crippen molar-refractivity contribution in [1.82, 2.24) is 10.3 Å². The number of piperidine rings is 1. The van der Waals surface area contributed by atoms with Gasteiger partial charge in [0.2, 0.25) is 0 Å². The summed E-state index contributed by atoms with van der Waals surface area (Å²) in [6.45, 7) is 2.02. The Labute approximate surface area is 136 Å². The molecular weight excluding hydrogens is 325 g/mol. The number of amides is 1. The fourth-order valence-electron chi connectivity index (χ4n) is 2.45. The second kappa shape index (κ2) is 6.73. The van der Waals surface area contributed by atoms with Crippen molar-refractivity contribution in [3.05, 3.63) is 45.7 Å². The van der Waals surface area contributed by atoms with Crippen LogP contribution < -0.4 is 10.6 Å². The Morgan fingerprint density at radius 3 is 2.91 bits per heavy atom. The van der Waals surface area contributed by atoms with Crippen molar-refractivity contribution < 1.29 is 9.18 Å². The minimum Gasteiger partial charge on any atom is -0.317 e. The summed E-state index contributed by atoms with van der Waals surface area (Å²) in [5.41, 5.74) is 0.310. The summed E-state index contributed by atoms with van der Waals surface area (Å²) in [5, 5.41) is 6.55.